The summed E-state index contributed by atoms with van der Waals surface area (Å²) in [4.78, 5) is 12.1. The first kappa shape index (κ1) is 20.9. The van der Waals surface area contributed by atoms with Crippen LogP contribution in [0.2, 0.25) is 0 Å². The first-order valence-electron chi connectivity index (χ1n) is 8.98. The SMILES string of the molecule is Cc1cccc(NS(=O)(=O)c2ccc(OCC(=O)Nc3cccc(C#N)c3)cc2)c1. The zero-order chi connectivity index (χ0) is 21.6. The van der Waals surface area contributed by atoms with Gasteiger partial charge in [0.1, 0.15) is 5.75 Å². The molecule has 0 unspecified atom stereocenters. The molecule has 8 heteroatoms. The maximum atomic E-state index is 12.5. The summed E-state index contributed by atoms with van der Waals surface area (Å²) >= 11 is 0. The predicted molar refractivity (Wildman–Crippen MR) is 114 cm³/mol. The number of nitriles is 1. The Morgan fingerprint density at radius 1 is 1.00 bits per heavy atom. The van der Waals surface area contributed by atoms with Crippen LogP contribution in [0.1, 0.15) is 11.1 Å². The molecule has 0 spiro atoms. The highest BCUT2D eigenvalue weighted by molar-refractivity contribution is 7.92. The van der Waals surface area contributed by atoms with Crippen molar-refractivity contribution in [1.29, 1.82) is 5.26 Å². The van der Waals surface area contributed by atoms with E-state index in [1.165, 1.54) is 24.3 Å². The fourth-order valence-electron chi connectivity index (χ4n) is 2.65. The summed E-state index contributed by atoms with van der Waals surface area (Å²) in [7, 11) is -3.74. The standard InChI is InChI=1S/C22H19N3O4S/c1-16-4-2-7-19(12-16)25-30(27,28)21-10-8-20(9-11-21)29-15-22(26)24-18-6-3-5-17(13-18)14-23/h2-13,25H,15H2,1H3,(H,24,26). The number of carbonyl (C=O) groups is 1. The van der Waals surface area contributed by atoms with Gasteiger partial charge in [-0.25, -0.2) is 8.42 Å². The third-order valence-electron chi connectivity index (χ3n) is 4.05. The lowest BCUT2D eigenvalue weighted by molar-refractivity contribution is -0.118. The molecule has 3 aromatic carbocycles. The van der Waals surface area contributed by atoms with E-state index < -0.39 is 15.9 Å². The van der Waals surface area contributed by atoms with Gasteiger partial charge in [-0.15, -0.1) is 0 Å². The number of nitrogens with zero attached hydrogens (tertiary/aromatic N) is 1. The number of hydrogen-bond donors (Lipinski definition) is 2. The van der Waals surface area contributed by atoms with E-state index in [1.54, 1.807) is 42.5 Å². The van der Waals surface area contributed by atoms with Gasteiger partial charge in [0.15, 0.2) is 6.61 Å². The van der Waals surface area contributed by atoms with Crippen molar-refractivity contribution >= 4 is 27.3 Å². The van der Waals surface area contributed by atoms with Crippen molar-refractivity contribution in [3.63, 3.8) is 0 Å². The second-order valence-corrected chi connectivity index (χ2v) is 8.16. The Morgan fingerprint density at radius 3 is 2.40 bits per heavy atom. The molecule has 0 aliphatic heterocycles. The molecule has 0 aliphatic carbocycles. The molecule has 0 bridgehead atoms. The van der Waals surface area contributed by atoms with Crippen LogP contribution < -0.4 is 14.8 Å². The normalized spacial score (nSPS) is 10.7. The summed E-state index contributed by atoms with van der Waals surface area (Å²) < 4.78 is 32.9. The third kappa shape index (κ3) is 5.59. The van der Waals surface area contributed by atoms with Gasteiger partial charge in [-0.1, -0.05) is 18.2 Å². The molecule has 0 aromatic heterocycles. The number of aryl methyl sites for hydroxylation is 1. The first-order chi connectivity index (χ1) is 14.4. The van der Waals surface area contributed by atoms with E-state index in [-0.39, 0.29) is 11.5 Å². The van der Waals surface area contributed by atoms with E-state index >= 15 is 0 Å². The third-order valence-corrected chi connectivity index (χ3v) is 5.45. The van der Waals surface area contributed by atoms with E-state index in [2.05, 4.69) is 10.0 Å². The molecule has 0 radical (unpaired) electrons. The Morgan fingerprint density at radius 2 is 1.70 bits per heavy atom. The largest absolute Gasteiger partial charge is 0.484 e. The van der Waals surface area contributed by atoms with E-state index in [0.29, 0.717) is 22.7 Å². The summed E-state index contributed by atoms with van der Waals surface area (Å²) in [6, 6.07) is 21.3. The van der Waals surface area contributed by atoms with Gasteiger partial charge >= 0.3 is 0 Å². The lowest BCUT2D eigenvalue weighted by atomic mass is 10.2. The molecule has 2 N–H and O–H groups in total. The summed E-state index contributed by atoms with van der Waals surface area (Å²) in [6.07, 6.45) is 0. The number of sulfonamides is 1. The van der Waals surface area contributed by atoms with Gasteiger partial charge in [0.25, 0.3) is 15.9 Å². The Bertz CT molecular complexity index is 1200. The Kier molecular flexibility index (Phi) is 6.35. The first-order valence-corrected chi connectivity index (χ1v) is 10.5. The monoisotopic (exact) mass is 421 g/mol. The van der Waals surface area contributed by atoms with Crippen molar-refractivity contribution in [3.05, 3.63) is 83.9 Å². The van der Waals surface area contributed by atoms with Crippen LogP contribution in [0.5, 0.6) is 5.75 Å². The second-order valence-electron chi connectivity index (χ2n) is 6.48. The van der Waals surface area contributed by atoms with Crippen molar-refractivity contribution in [2.24, 2.45) is 0 Å². The maximum Gasteiger partial charge on any atom is 0.262 e. The fourth-order valence-corrected chi connectivity index (χ4v) is 3.70. The number of hydrogen-bond acceptors (Lipinski definition) is 5. The lowest BCUT2D eigenvalue weighted by Crippen LogP contribution is -2.20. The molecule has 30 heavy (non-hydrogen) atoms. The second kappa shape index (κ2) is 9.11. The molecular weight excluding hydrogens is 402 g/mol. The van der Waals surface area contributed by atoms with Crippen molar-refractivity contribution in [1.82, 2.24) is 0 Å². The zero-order valence-electron chi connectivity index (χ0n) is 16.1. The van der Waals surface area contributed by atoms with E-state index in [4.69, 9.17) is 10.00 Å². The van der Waals surface area contributed by atoms with Crippen molar-refractivity contribution in [2.75, 3.05) is 16.6 Å². The van der Waals surface area contributed by atoms with Crippen LogP contribution in [0.15, 0.2) is 77.7 Å². The average Bonchev–Trinajstić information content (AvgIpc) is 2.72. The van der Waals surface area contributed by atoms with Gasteiger partial charge in [-0.3, -0.25) is 9.52 Å². The van der Waals surface area contributed by atoms with E-state index in [0.717, 1.165) is 5.56 Å². The molecule has 0 heterocycles. The smallest absolute Gasteiger partial charge is 0.262 e. The van der Waals surface area contributed by atoms with Crippen LogP contribution in [0.4, 0.5) is 11.4 Å². The number of ether oxygens (including phenoxy) is 1. The molecular formula is C22H19N3O4S. The minimum atomic E-state index is -3.74. The van der Waals surface area contributed by atoms with E-state index in [9.17, 15) is 13.2 Å². The molecule has 0 saturated carbocycles. The van der Waals surface area contributed by atoms with Gasteiger partial charge in [0, 0.05) is 11.4 Å². The van der Waals surface area contributed by atoms with Crippen molar-refractivity contribution in [3.8, 4) is 11.8 Å². The van der Waals surface area contributed by atoms with Gasteiger partial charge in [0.05, 0.1) is 16.5 Å². The lowest BCUT2D eigenvalue weighted by Gasteiger charge is -2.10. The molecule has 152 valence electrons. The summed E-state index contributed by atoms with van der Waals surface area (Å²) in [5, 5.41) is 11.5. The summed E-state index contributed by atoms with van der Waals surface area (Å²) in [6.45, 7) is 1.62. The Hall–Kier alpha value is -3.83. The van der Waals surface area contributed by atoms with Crippen LogP contribution >= 0.6 is 0 Å². The quantitative estimate of drug-likeness (QED) is 0.605. The number of carbonyl (C=O) groups excluding carboxylic acids is 1. The Balaban J connectivity index is 1.58. The number of amides is 1. The summed E-state index contributed by atoms with van der Waals surface area (Å²) in [5.74, 6) is -0.0478. The molecule has 0 atom stereocenters. The predicted octanol–water partition coefficient (Wildman–Crippen LogP) is 3.69. The van der Waals surface area contributed by atoms with Crippen LogP contribution in [0.3, 0.4) is 0 Å². The molecule has 3 aromatic rings. The van der Waals surface area contributed by atoms with Crippen LogP contribution in [-0.2, 0) is 14.8 Å². The van der Waals surface area contributed by atoms with Crippen LogP contribution in [-0.4, -0.2) is 20.9 Å². The number of benzene rings is 3. The van der Waals surface area contributed by atoms with E-state index in [1.807, 2.05) is 19.1 Å². The number of nitrogens with one attached hydrogen (secondary N) is 2. The Labute approximate surface area is 175 Å². The molecule has 0 saturated heterocycles. The highest BCUT2D eigenvalue weighted by Gasteiger charge is 2.14. The number of rotatable bonds is 7. The average molecular weight is 421 g/mol. The van der Waals surface area contributed by atoms with Crippen LogP contribution in [0, 0.1) is 18.3 Å². The molecule has 7 nitrogen and oxygen atoms in total. The number of anilines is 2. The molecule has 1 amide bonds. The van der Waals surface area contributed by atoms with Gasteiger partial charge < -0.3 is 10.1 Å². The van der Waals surface area contributed by atoms with Gasteiger partial charge in [-0.2, -0.15) is 5.26 Å². The van der Waals surface area contributed by atoms with Crippen molar-refractivity contribution < 1.29 is 17.9 Å². The minimum absolute atomic E-state index is 0.0779. The zero-order valence-corrected chi connectivity index (χ0v) is 16.9. The molecule has 0 fully saturated rings. The fraction of sp³-hybridized carbons (Fsp3) is 0.0909. The highest BCUT2D eigenvalue weighted by Crippen LogP contribution is 2.20. The highest BCUT2D eigenvalue weighted by atomic mass is 32.2. The molecule has 0 aliphatic rings. The summed E-state index contributed by atoms with van der Waals surface area (Å²) in [5.41, 5.74) is 2.35. The topological polar surface area (TPSA) is 108 Å². The minimum Gasteiger partial charge on any atom is -0.484 e. The van der Waals surface area contributed by atoms with Crippen molar-refractivity contribution in [2.45, 2.75) is 11.8 Å². The van der Waals surface area contributed by atoms with Gasteiger partial charge in [0.2, 0.25) is 0 Å². The maximum absolute atomic E-state index is 12.5. The van der Waals surface area contributed by atoms with Gasteiger partial charge in [-0.05, 0) is 67.1 Å². The van der Waals surface area contributed by atoms with Crippen LogP contribution in [0.25, 0.3) is 0 Å². The molecule has 3 rings (SSSR count).